The second-order valence-electron chi connectivity index (χ2n) is 3.98. The van der Waals surface area contributed by atoms with Crippen molar-refractivity contribution in [2.75, 3.05) is 36.6 Å². The van der Waals surface area contributed by atoms with E-state index in [0.29, 0.717) is 18.0 Å². The van der Waals surface area contributed by atoms with Gasteiger partial charge in [-0.3, -0.25) is 0 Å². The lowest BCUT2D eigenvalue weighted by molar-refractivity contribution is 0.340. The Morgan fingerprint density at radius 3 is 2.63 bits per heavy atom. The number of thioether (sulfide) groups is 1. The van der Waals surface area contributed by atoms with Crippen LogP contribution in [0.2, 0.25) is 0 Å². The summed E-state index contributed by atoms with van der Waals surface area (Å²) in [4.78, 5) is 0. The number of anilines is 1. The highest BCUT2D eigenvalue weighted by atomic mass is 32.2. The van der Waals surface area contributed by atoms with Gasteiger partial charge in [0.25, 0.3) is 0 Å². The maximum Gasteiger partial charge on any atom is 0.214 e. The standard InChI is InChI=1S/C12H20N2O3S2/c1-18-9-2-7-14-19(15,16)10-8-17-12-5-3-11(13)4-6-12/h3-6,14H,2,7-10,13H2,1H3. The monoisotopic (exact) mass is 304 g/mol. The molecule has 3 N–H and O–H groups in total. The third-order valence-corrected chi connectivity index (χ3v) is 4.39. The molecule has 0 aliphatic heterocycles. The quantitative estimate of drug-likeness (QED) is 0.531. The first-order chi connectivity index (χ1) is 9.03. The van der Waals surface area contributed by atoms with Crippen LogP contribution in [0.15, 0.2) is 24.3 Å². The van der Waals surface area contributed by atoms with E-state index in [1.54, 1.807) is 36.0 Å². The van der Waals surface area contributed by atoms with Crippen molar-refractivity contribution < 1.29 is 13.2 Å². The summed E-state index contributed by atoms with van der Waals surface area (Å²) in [5.41, 5.74) is 6.19. The van der Waals surface area contributed by atoms with Gasteiger partial charge in [0.1, 0.15) is 12.4 Å². The second kappa shape index (κ2) is 8.29. The summed E-state index contributed by atoms with van der Waals surface area (Å²) in [7, 11) is -3.25. The summed E-state index contributed by atoms with van der Waals surface area (Å²) in [6.07, 6.45) is 2.83. The minimum Gasteiger partial charge on any atom is -0.492 e. The van der Waals surface area contributed by atoms with Gasteiger partial charge in [0.15, 0.2) is 0 Å². The van der Waals surface area contributed by atoms with Crippen LogP contribution in [-0.4, -0.2) is 39.3 Å². The number of benzene rings is 1. The van der Waals surface area contributed by atoms with Crippen LogP contribution in [0.5, 0.6) is 5.75 Å². The van der Waals surface area contributed by atoms with Gasteiger partial charge in [0.2, 0.25) is 10.0 Å². The van der Waals surface area contributed by atoms with Crippen LogP contribution in [0.1, 0.15) is 6.42 Å². The molecule has 0 aliphatic rings. The van der Waals surface area contributed by atoms with Gasteiger partial charge in [-0.15, -0.1) is 0 Å². The predicted molar refractivity (Wildman–Crippen MR) is 81.1 cm³/mol. The maximum atomic E-state index is 11.6. The second-order valence-corrected chi connectivity index (χ2v) is 6.89. The third-order valence-electron chi connectivity index (χ3n) is 2.35. The van der Waals surface area contributed by atoms with Crippen molar-refractivity contribution in [3.8, 4) is 5.75 Å². The van der Waals surface area contributed by atoms with E-state index >= 15 is 0 Å². The fourth-order valence-corrected chi connectivity index (χ4v) is 2.69. The molecule has 0 bridgehead atoms. The Hall–Kier alpha value is -0.920. The van der Waals surface area contributed by atoms with Gasteiger partial charge in [-0.1, -0.05) is 0 Å². The van der Waals surface area contributed by atoms with Crippen molar-refractivity contribution >= 4 is 27.5 Å². The molecule has 1 aromatic carbocycles. The molecule has 0 unspecified atom stereocenters. The minimum atomic E-state index is -3.25. The van der Waals surface area contributed by atoms with E-state index in [0.717, 1.165) is 12.2 Å². The fourth-order valence-electron chi connectivity index (χ4n) is 1.35. The molecular formula is C12H20N2O3S2. The zero-order valence-corrected chi connectivity index (χ0v) is 12.6. The zero-order valence-electron chi connectivity index (χ0n) is 11.0. The van der Waals surface area contributed by atoms with Gasteiger partial charge in [-0.2, -0.15) is 11.8 Å². The van der Waals surface area contributed by atoms with E-state index in [4.69, 9.17) is 10.5 Å². The molecule has 0 spiro atoms. The lowest BCUT2D eigenvalue weighted by atomic mass is 10.3. The van der Waals surface area contributed by atoms with Crippen molar-refractivity contribution in [3.05, 3.63) is 24.3 Å². The molecular weight excluding hydrogens is 284 g/mol. The van der Waals surface area contributed by atoms with Crippen molar-refractivity contribution in [2.45, 2.75) is 6.42 Å². The van der Waals surface area contributed by atoms with E-state index < -0.39 is 10.0 Å². The van der Waals surface area contributed by atoms with E-state index in [9.17, 15) is 8.42 Å². The van der Waals surface area contributed by atoms with Gasteiger partial charge in [-0.25, -0.2) is 13.1 Å². The average molecular weight is 304 g/mol. The van der Waals surface area contributed by atoms with Gasteiger partial charge >= 0.3 is 0 Å². The van der Waals surface area contributed by atoms with E-state index in [-0.39, 0.29) is 12.4 Å². The summed E-state index contributed by atoms with van der Waals surface area (Å²) >= 11 is 1.70. The molecule has 108 valence electrons. The number of hydrogen-bond acceptors (Lipinski definition) is 5. The number of rotatable bonds is 9. The molecule has 19 heavy (non-hydrogen) atoms. The largest absolute Gasteiger partial charge is 0.492 e. The van der Waals surface area contributed by atoms with Gasteiger partial charge < -0.3 is 10.5 Å². The molecule has 7 heteroatoms. The lowest BCUT2D eigenvalue weighted by Gasteiger charge is -2.08. The summed E-state index contributed by atoms with van der Waals surface area (Å²) in [5.74, 6) is 1.52. The Bertz CT molecular complexity index is 460. The number of nitrogens with two attached hydrogens (primary N) is 1. The first-order valence-corrected chi connectivity index (χ1v) is 9.03. The van der Waals surface area contributed by atoms with Crippen LogP contribution in [0.3, 0.4) is 0 Å². The summed E-state index contributed by atoms with van der Waals surface area (Å²) in [6, 6.07) is 6.86. The van der Waals surface area contributed by atoms with Crippen LogP contribution in [-0.2, 0) is 10.0 Å². The van der Waals surface area contributed by atoms with Crippen LogP contribution >= 0.6 is 11.8 Å². The van der Waals surface area contributed by atoms with E-state index in [1.807, 2.05) is 6.26 Å². The molecule has 5 nitrogen and oxygen atoms in total. The number of ether oxygens (including phenoxy) is 1. The minimum absolute atomic E-state index is 0.0450. The normalized spacial score (nSPS) is 11.4. The number of hydrogen-bond donors (Lipinski definition) is 2. The molecule has 0 radical (unpaired) electrons. The number of nitrogens with one attached hydrogen (secondary N) is 1. The molecule has 0 saturated carbocycles. The molecule has 0 saturated heterocycles. The summed E-state index contributed by atoms with van der Waals surface area (Å²) in [5, 5.41) is 0. The highest BCUT2D eigenvalue weighted by molar-refractivity contribution is 7.98. The molecule has 0 aliphatic carbocycles. The van der Waals surface area contributed by atoms with Crippen LogP contribution in [0.4, 0.5) is 5.69 Å². The molecule has 0 heterocycles. The van der Waals surface area contributed by atoms with Crippen LogP contribution in [0.25, 0.3) is 0 Å². The van der Waals surface area contributed by atoms with E-state index in [1.165, 1.54) is 0 Å². The molecule has 0 fully saturated rings. The van der Waals surface area contributed by atoms with Crippen molar-refractivity contribution in [1.29, 1.82) is 0 Å². The Morgan fingerprint density at radius 2 is 2.00 bits per heavy atom. The first kappa shape index (κ1) is 16.1. The maximum absolute atomic E-state index is 11.6. The van der Waals surface area contributed by atoms with Crippen LogP contribution < -0.4 is 15.2 Å². The van der Waals surface area contributed by atoms with Crippen molar-refractivity contribution in [2.24, 2.45) is 0 Å². The molecule has 0 atom stereocenters. The highest BCUT2D eigenvalue weighted by Gasteiger charge is 2.09. The Kier molecular flexibility index (Phi) is 7.04. The molecule has 1 rings (SSSR count). The highest BCUT2D eigenvalue weighted by Crippen LogP contribution is 2.12. The SMILES string of the molecule is CSCCCNS(=O)(=O)CCOc1ccc(N)cc1. The zero-order chi connectivity index (χ0) is 14.1. The number of nitrogen functional groups attached to an aromatic ring is 1. The van der Waals surface area contributed by atoms with Crippen molar-refractivity contribution in [1.82, 2.24) is 4.72 Å². The molecule has 1 aromatic rings. The fraction of sp³-hybridized carbons (Fsp3) is 0.500. The van der Waals surface area contributed by atoms with Crippen LogP contribution in [0, 0.1) is 0 Å². The topological polar surface area (TPSA) is 81.4 Å². The van der Waals surface area contributed by atoms with E-state index in [2.05, 4.69) is 4.72 Å². The Morgan fingerprint density at radius 1 is 1.32 bits per heavy atom. The first-order valence-electron chi connectivity index (χ1n) is 5.98. The smallest absolute Gasteiger partial charge is 0.214 e. The summed E-state index contributed by atoms with van der Waals surface area (Å²) in [6.45, 7) is 0.604. The Balaban J connectivity index is 2.25. The van der Waals surface area contributed by atoms with Gasteiger partial charge in [0, 0.05) is 12.2 Å². The predicted octanol–water partition coefficient (Wildman–Crippen LogP) is 1.32. The van der Waals surface area contributed by atoms with Crippen molar-refractivity contribution in [3.63, 3.8) is 0 Å². The Labute approximate surface area is 119 Å². The van der Waals surface area contributed by atoms with Gasteiger partial charge in [0.05, 0.1) is 5.75 Å². The average Bonchev–Trinajstić information content (AvgIpc) is 2.37. The summed E-state index contributed by atoms with van der Waals surface area (Å²) < 4.78 is 31.1. The lowest BCUT2D eigenvalue weighted by Crippen LogP contribution is -2.30. The molecule has 0 amide bonds. The van der Waals surface area contributed by atoms with Gasteiger partial charge in [-0.05, 0) is 42.7 Å². The molecule has 0 aromatic heterocycles. The third kappa shape index (κ3) is 7.29. The number of sulfonamides is 1.